The number of amides is 4. The second-order valence-corrected chi connectivity index (χ2v) is 10.2. The first-order valence-electron chi connectivity index (χ1n) is 13.2. The SMILES string of the molecule is COCCC(=O)N1CC(=O)N[C@@H](Cc2ccccc2)c2nc(C)nn2CC(=O)N[C@H](C)C(=O)N[C@@H](C(C)C)C1. The first kappa shape index (κ1) is 29.8. The number of ether oxygens (including phenoxy) is 1. The molecule has 0 radical (unpaired) electrons. The molecule has 12 heteroatoms. The quantitative estimate of drug-likeness (QED) is 0.483. The molecule has 1 aromatic carbocycles. The van der Waals surface area contributed by atoms with Gasteiger partial charge in [-0.3, -0.25) is 19.2 Å². The van der Waals surface area contributed by atoms with E-state index in [9.17, 15) is 19.2 Å². The van der Waals surface area contributed by atoms with Crippen LogP contribution in [0.3, 0.4) is 0 Å². The molecule has 0 saturated heterocycles. The topological polar surface area (TPSA) is 148 Å². The highest BCUT2D eigenvalue weighted by Gasteiger charge is 2.29. The molecule has 0 saturated carbocycles. The number of fused-ring (bicyclic) bond motifs is 1. The van der Waals surface area contributed by atoms with Crippen molar-refractivity contribution in [1.82, 2.24) is 35.6 Å². The van der Waals surface area contributed by atoms with Gasteiger partial charge in [0, 0.05) is 19.7 Å². The molecular weight excluding hydrogens is 502 g/mol. The Hall–Kier alpha value is -3.80. The molecule has 39 heavy (non-hydrogen) atoms. The highest BCUT2D eigenvalue weighted by molar-refractivity contribution is 5.88. The van der Waals surface area contributed by atoms with Gasteiger partial charge in [-0.2, -0.15) is 5.10 Å². The maximum Gasteiger partial charge on any atom is 0.242 e. The van der Waals surface area contributed by atoms with Crippen LogP contribution in [0.4, 0.5) is 0 Å². The van der Waals surface area contributed by atoms with E-state index < -0.39 is 29.9 Å². The van der Waals surface area contributed by atoms with Gasteiger partial charge in [-0.1, -0.05) is 44.2 Å². The summed E-state index contributed by atoms with van der Waals surface area (Å²) in [6, 6.07) is 7.70. The number of nitrogens with one attached hydrogen (secondary N) is 3. The summed E-state index contributed by atoms with van der Waals surface area (Å²) in [6.07, 6.45) is 0.491. The van der Waals surface area contributed by atoms with Gasteiger partial charge in [0.2, 0.25) is 23.6 Å². The number of carbonyl (C=O) groups is 4. The fraction of sp³-hybridized carbons (Fsp3) is 0.556. The number of carbonyl (C=O) groups excluding carboxylic acids is 4. The first-order valence-corrected chi connectivity index (χ1v) is 13.2. The highest BCUT2D eigenvalue weighted by Crippen LogP contribution is 2.18. The highest BCUT2D eigenvalue weighted by atomic mass is 16.5. The van der Waals surface area contributed by atoms with Crippen LogP contribution in [0.5, 0.6) is 0 Å². The fourth-order valence-electron chi connectivity index (χ4n) is 4.37. The summed E-state index contributed by atoms with van der Waals surface area (Å²) in [5, 5.41) is 13.0. The Morgan fingerprint density at radius 3 is 2.44 bits per heavy atom. The lowest BCUT2D eigenvalue weighted by Crippen LogP contribution is -2.54. The summed E-state index contributed by atoms with van der Waals surface area (Å²) in [5.74, 6) is -0.663. The summed E-state index contributed by atoms with van der Waals surface area (Å²) in [5.41, 5.74) is 0.952. The average Bonchev–Trinajstić information content (AvgIpc) is 3.25. The summed E-state index contributed by atoms with van der Waals surface area (Å²) in [7, 11) is 1.50. The minimum Gasteiger partial charge on any atom is -0.384 e. The number of hydrogen-bond acceptors (Lipinski definition) is 7. The molecule has 2 heterocycles. The van der Waals surface area contributed by atoms with E-state index in [4.69, 9.17) is 4.74 Å². The van der Waals surface area contributed by atoms with Crippen LogP contribution < -0.4 is 16.0 Å². The zero-order valence-electron chi connectivity index (χ0n) is 23.3. The number of methoxy groups -OCH3 is 1. The standard InChI is InChI=1S/C27H39N7O5/c1-17(2)22-14-33(25(37)11-12-39-5)15-23(35)30-21(13-20-9-7-6-8-10-20)26-29-19(4)32-34(26)16-24(36)28-18(3)27(38)31-22/h6-10,17-18,21-22H,11-16H2,1-5H3,(H,28,36)(H,30,35)(H,31,38)/t18-,21+,22-/m1/s1. The molecule has 0 bridgehead atoms. The van der Waals surface area contributed by atoms with Crippen LogP contribution in [0.15, 0.2) is 30.3 Å². The zero-order valence-corrected chi connectivity index (χ0v) is 23.3. The van der Waals surface area contributed by atoms with Gasteiger partial charge in [-0.15, -0.1) is 0 Å². The number of benzene rings is 1. The molecule has 0 fully saturated rings. The number of rotatable bonds is 6. The third kappa shape index (κ3) is 8.60. The Bertz CT molecular complexity index is 1150. The normalized spacial score (nSPS) is 21.3. The van der Waals surface area contributed by atoms with Crippen molar-refractivity contribution in [1.29, 1.82) is 0 Å². The van der Waals surface area contributed by atoms with E-state index in [1.165, 1.54) is 16.7 Å². The van der Waals surface area contributed by atoms with Crippen LogP contribution in [0, 0.1) is 12.8 Å². The molecule has 0 aliphatic carbocycles. The Morgan fingerprint density at radius 1 is 1.08 bits per heavy atom. The van der Waals surface area contributed by atoms with Crippen molar-refractivity contribution in [2.45, 2.75) is 65.2 Å². The number of aryl methyl sites for hydroxylation is 1. The molecule has 2 aromatic rings. The Labute approximate surface area is 228 Å². The number of nitrogens with zero attached hydrogens (tertiary/aromatic N) is 4. The summed E-state index contributed by atoms with van der Waals surface area (Å²) in [6.45, 7) is 7.08. The fourth-order valence-corrected chi connectivity index (χ4v) is 4.37. The predicted octanol–water partition coefficient (Wildman–Crippen LogP) is 0.511. The van der Waals surface area contributed by atoms with Crippen molar-refractivity contribution in [2.75, 3.05) is 26.8 Å². The van der Waals surface area contributed by atoms with Crippen LogP contribution in [0.2, 0.25) is 0 Å². The molecular formula is C27H39N7O5. The lowest BCUT2D eigenvalue weighted by Gasteiger charge is -2.31. The molecule has 212 valence electrons. The third-order valence-corrected chi connectivity index (χ3v) is 6.56. The molecule has 3 N–H and O–H groups in total. The summed E-state index contributed by atoms with van der Waals surface area (Å²) < 4.78 is 6.52. The van der Waals surface area contributed by atoms with Gasteiger partial charge in [0.1, 0.15) is 18.4 Å². The van der Waals surface area contributed by atoms with Gasteiger partial charge < -0.3 is 25.6 Å². The van der Waals surface area contributed by atoms with Crippen molar-refractivity contribution in [3.8, 4) is 0 Å². The monoisotopic (exact) mass is 541 g/mol. The van der Waals surface area contributed by atoms with E-state index in [1.54, 1.807) is 13.8 Å². The Morgan fingerprint density at radius 2 is 1.77 bits per heavy atom. The molecule has 12 nitrogen and oxygen atoms in total. The average molecular weight is 542 g/mol. The van der Waals surface area contributed by atoms with Crippen LogP contribution >= 0.6 is 0 Å². The molecule has 1 aliphatic rings. The third-order valence-electron chi connectivity index (χ3n) is 6.56. The maximum atomic E-state index is 13.4. The van der Waals surface area contributed by atoms with Gasteiger partial charge in [0.05, 0.1) is 25.6 Å². The van der Waals surface area contributed by atoms with Crippen LogP contribution in [0.25, 0.3) is 0 Å². The molecule has 4 amide bonds. The molecule has 1 aliphatic heterocycles. The predicted molar refractivity (Wildman–Crippen MR) is 143 cm³/mol. The van der Waals surface area contributed by atoms with Crippen molar-refractivity contribution in [2.24, 2.45) is 5.92 Å². The number of hydrogen-bond donors (Lipinski definition) is 3. The van der Waals surface area contributed by atoms with E-state index in [-0.39, 0.29) is 50.4 Å². The van der Waals surface area contributed by atoms with E-state index in [0.29, 0.717) is 18.1 Å². The van der Waals surface area contributed by atoms with Gasteiger partial charge in [0.25, 0.3) is 0 Å². The minimum atomic E-state index is -0.825. The van der Waals surface area contributed by atoms with Crippen molar-refractivity contribution in [3.05, 3.63) is 47.5 Å². The summed E-state index contributed by atoms with van der Waals surface area (Å²) in [4.78, 5) is 58.4. The zero-order chi connectivity index (χ0) is 28.5. The smallest absolute Gasteiger partial charge is 0.242 e. The molecule has 0 unspecified atom stereocenters. The van der Waals surface area contributed by atoms with Gasteiger partial charge in [-0.05, 0) is 31.7 Å². The van der Waals surface area contributed by atoms with Crippen molar-refractivity contribution < 1.29 is 23.9 Å². The second kappa shape index (κ2) is 13.8. The Kier molecular flexibility index (Phi) is 10.6. The van der Waals surface area contributed by atoms with Crippen LogP contribution in [-0.2, 0) is 36.9 Å². The van der Waals surface area contributed by atoms with E-state index >= 15 is 0 Å². The first-order chi connectivity index (χ1) is 18.6. The van der Waals surface area contributed by atoms with Crippen molar-refractivity contribution >= 4 is 23.6 Å². The van der Waals surface area contributed by atoms with Crippen LogP contribution in [-0.4, -0.2) is 82.2 Å². The lowest BCUT2D eigenvalue weighted by atomic mass is 10.0. The molecule has 3 atom stereocenters. The van der Waals surface area contributed by atoms with E-state index in [0.717, 1.165) is 5.56 Å². The van der Waals surface area contributed by atoms with Crippen molar-refractivity contribution in [3.63, 3.8) is 0 Å². The summed E-state index contributed by atoms with van der Waals surface area (Å²) >= 11 is 0. The lowest BCUT2D eigenvalue weighted by molar-refractivity contribution is -0.138. The molecule has 0 spiro atoms. The maximum absolute atomic E-state index is 13.4. The van der Waals surface area contributed by atoms with Gasteiger partial charge in [0.15, 0.2) is 5.82 Å². The number of aromatic nitrogens is 3. The van der Waals surface area contributed by atoms with E-state index in [2.05, 4.69) is 26.0 Å². The largest absolute Gasteiger partial charge is 0.384 e. The van der Waals surface area contributed by atoms with Gasteiger partial charge in [-0.25, -0.2) is 9.67 Å². The van der Waals surface area contributed by atoms with Crippen LogP contribution in [0.1, 0.15) is 50.4 Å². The van der Waals surface area contributed by atoms with Gasteiger partial charge >= 0.3 is 0 Å². The van der Waals surface area contributed by atoms with E-state index in [1.807, 2.05) is 44.2 Å². The second-order valence-electron chi connectivity index (χ2n) is 10.2. The molecule has 3 rings (SSSR count). The Balaban J connectivity index is 2.01. The minimum absolute atomic E-state index is 0.0451. The molecule has 1 aromatic heterocycles.